The molecule has 0 amide bonds. The summed E-state index contributed by atoms with van der Waals surface area (Å²) in [5.41, 5.74) is 0.752. The van der Waals surface area contributed by atoms with Crippen LogP contribution in [0.4, 0.5) is 4.39 Å². The number of carbonyl (C=O) groups excluding carboxylic acids is 1. The third kappa shape index (κ3) is 5.29. The van der Waals surface area contributed by atoms with Crippen LogP contribution in [0.5, 0.6) is 0 Å². The Morgan fingerprint density at radius 1 is 1.18 bits per heavy atom. The molecule has 6 heteroatoms. The molecule has 22 heavy (non-hydrogen) atoms. The number of carbonyl (C=O) groups is 1. The van der Waals surface area contributed by atoms with E-state index in [1.165, 1.54) is 18.6 Å². The fourth-order valence-electron chi connectivity index (χ4n) is 2.98. The fraction of sp³-hybridized carbons (Fsp3) is 0.562. The van der Waals surface area contributed by atoms with Gasteiger partial charge in [-0.1, -0.05) is 66.2 Å². The van der Waals surface area contributed by atoms with Gasteiger partial charge in [0.2, 0.25) is 3.79 Å². The monoisotopic (exact) mass is 366 g/mol. The van der Waals surface area contributed by atoms with Crippen LogP contribution in [0.3, 0.4) is 0 Å². The van der Waals surface area contributed by atoms with Gasteiger partial charge in [-0.05, 0) is 36.5 Å². The molecule has 1 aliphatic carbocycles. The van der Waals surface area contributed by atoms with Crippen LogP contribution >= 0.6 is 34.8 Å². The number of ether oxygens (including phenoxy) is 1. The molecule has 0 N–H and O–H groups in total. The SMILES string of the molecule is O=C(OCC(Cl)(Cl)Cl)C(c1ccc(F)cc1)C1CCCCC1. The van der Waals surface area contributed by atoms with Crippen LogP contribution in [0, 0.1) is 11.7 Å². The minimum Gasteiger partial charge on any atom is -0.461 e. The third-order valence-corrected chi connectivity index (χ3v) is 4.31. The number of esters is 1. The number of hydrogen-bond donors (Lipinski definition) is 0. The van der Waals surface area contributed by atoms with Gasteiger partial charge in [0.05, 0.1) is 5.92 Å². The lowest BCUT2D eigenvalue weighted by Gasteiger charge is -2.29. The van der Waals surface area contributed by atoms with Crippen LogP contribution in [0.2, 0.25) is 0 Å². The van der Waals surface area contributed by atoms with Crippen LogP contribution in [0.25, 0.3) is 0 Å². The van der Waals surface area contributed by atoms with Crippen molar-refractivity contribution in [1.29, 1.82) is 0 Å². The van der Waals surface area contributed by atoms with Gasteiger partial charge in [0.15, 0.2) is 0 Å². The Bertz CT molecular complexity index is 493. The second-order valence-corrected chi connectivity index (χ2v) is 8.17. The maximum atomic E-state index is 13.1. The highest BCUT2D eigenvalue weighted by Crippen LogP contribution is 2.37. The molecule has 0 heterocycles. The van der Waals surface area contributed by atoms with E-state index in [0.717, 1.165) is 31.2 Å². The molecule has 0 aromatic heterocycles. The average molecular weight is 368 g/mol. The summed E-state index contributed by atoms with van der Waals surface area (Å²) >= 11 is 16.9. The Morgan fingerprint density at radius 2 is 1.77 bits per heavy atom. The van der Waals surface area contributed by atoms with E-state index in [1.807, 2.05) is 0 Å². The predicted octanol–water partition coefficient (Wildman–Crippen LogP) is 5.40. The number of halogens is 4. The Hall–Kier alpha value is -0.510. The molecular weight excluding hydrogens is 350 g/mol. The van der Waals surface area contributed by atoms with Crippen molar-refractivity contribution in [2.75, 3.05) is 6.61 Å². The van der Waals surface area contributed by atoms with Crippen molar-refractivity contribution in [3.05, 3.63) is 35.6 Å². The van der Waals surface area contributed by atoms with Crippen molar-refractivity contribution in [2.45, 2.75) is 41.8 Å². The summed E-state index contributed by atoms with van der Waals surface area (Å²) in [6.45, 7) is -0.291. The maximum absolute atomic E-state index is 13.1. The lowest BCUT2D eigenvalue weighted by Crippen LogP contribution is -2.28. The van der Waals surface area contributed by atoms with Gasteiger partial charge in [-0.2, -0.15) is 0 Å². The van der Waals surface area contributed by atoms with E-state index < -0.39 is 15.7 Å². The van der Waals surface area contributed by atoms with Crippen LogP contribution in [0.15, 0.2) is 24.3 Å². The van der Waals surface area contributed by atoms with E-state index >= 15 is 0 Å². The maximum Gasteiger partial charge on any atom is 0.313 e. The van der Waals surface area contributed by atoms with Gasteiger partial charge in [-0.25, -0.2) is 4.39 Å². The zero-order valence-electron chi connectivity index (χ0n) is 12.0. The number of hydrogen-bond acceptors (Lipinski definition) is 2. The summed E-state index contributed by atoms with van der Waals surface area (Å²) in [5, 5.41) is 0. The molecule has 1 atom stereocenters. The van der Waals surface area contributed by atoms with Crippen molar-refractivity contribution in [1.82, 2.24) is 0 Å². The second kappa shape index (κ2) is 7.85. The van der Waals surface area contributed by atoms with Gasteiger partial charge in [0.25, 0.3) is 0 Å². The van der Waals surface area contributed by atoms with Crippen LogP contribution in [-0.4, -0.2) is 16.4 Å². The molecule has 0 bridgehead atoms. The van der Waals surface area contributed by atoms with Gasteiger partial charge in [-0.15, -0.1) is 0 Å². The normalized spacial score (nSPS) is 18.0. The van der Waals surface area contributed by atoms with Gasteiger partial charge < -0.3 is 4.74 Å². The van der Waals surface area contributed by atoms with Crippen LogP contribution in [-0.2, 0) is 9.53 Å². The molecule has 1 aromatic carbocycles. The first-order valence-electron chi connectivity index (χ1n) is 7.35. The van der Waals surface area contributed by atoms with Crippen molar-refractivity contribution in [3.8, 4) is 0 Å². The minimum atomic E-state index is -1.63. The Kier molecular flexibility index (Phi) is 6.36. The predicted molar refractivity (Wildman–Crippen MR) is 87.0 cm³/mol. The molecule has 1 aliphatic rings. The summed E-state index contributed by atoms with van der Waals surface area (Å²) in [4.78, 5) is 12.5. The van der Waals surface area contributed by atoms with E-state index in [1.54, 1.807) is 12.1 Å². The van der Waals surface area contributed by atoms with Crippen LogP contribution < -0.4 is 0 Å². The number of alkyl halides is 3. The number of rotatable bonds is 4. The molecule has 1 saturated carbocycles. The summed E-state index contributed by atoms with van der Waals surface area (Å²) < 4.78 is 16.7. The zero-order chi connectivity index (χ0) is 16.2. The molecular formula is C16H18Cl3FO2. The second-order valence-electron chi connectivity index (χ2n) is 5.65. The smallest absolute Gasteiger partial charge is 0.313 e. The highest BCUT2D eigenvalue weighted by Gasteiger charge is 2.33. The van der Waals surface area contributed by atoms with E-state index in [-0.39, 0.29) is 18.3 Å². The van der Waals surface area contributed by atoms with Crippen molar-refractivity contribution in [3.63, 3.8) is 0 Å². The molecule has 1 fully saturated rings. The molecule has 0 radical (unpaired) electrons. The zero-order valence-corrected chi connectivity index (χ0v) is 14.3. The molecule has 2 nitrogen and oxygen atoms in total. The third-order valence-electron chi connectivity index (χ3n) is 3.98. The number of benzene rings is 1. The van der Waals surface area contributed by atoms with Gasteiger partial charge in [-0.3, -0.25) is 4.79 Å². The Labute approximate surface area is 144 Å². The van der Waals surface area contributed by atoms with Gasteiger partial charge >= 0.3 is 5.97 Å². The molecule has 122 valence electrons. The minimum absolute atomic E-state index is 0.182. The van der Waals surface area contributed by atoms with Gasteiger partial charge in [0, 0.05) is 0 Å². The lowest BCUT2D eigenvalue weighted by atomic mass is 9.77. The molecule has 1 unspecified atom stereocenters. The largest absolute Gasteiger partial charge is 0.461 e. The molecule has 0 aliphatic heterocycles. The highest BCUT2D eigenvalue weighted by atomic mass is 35.6. The summed E-state index contributed by atoms with van der Waals surface area (Å²) in [6.07, 6.45) is 5.24. The summed E-state index contributed by atoms with van der Waals surface area (Å²) in [5.74, 6) is -0.999. The quantitative estimate of drug-likeness (QED) is 0.526. The van der Waals surface area contributed by atoms with Crippen molar-refractivity contribution >= 4 is 40.8 Å². The van der Waals surface area contributed by atoms with E-state index in [2.05, 4.69) is 0 Å². The summed E-state index contributed by atoms with van der Waals surface area (Å²) in [6, 6.07) is 5.97. The topological polar surface area (TPSA) is 26.3 Å². The van der Waals surface area contributed by atoms with E-state index in [0.29, 0.717) is 0 Å². The molecule has 0 spiro atoms. The van der Waals surface area contributed by atoms with Gasteiger partial charge in [0.1, 0.15) is 12.4 Å². The first kappa shape index (κ1) is 17.8. The standard InChI is InChI=1S/C16H18Cl3FO2/c17-16(18,19)10-22-15(21)14(11-4-2-1-3-5-11)12-6-8-13(20)9-7-12/h6-9,11,14H,1-5,10H2. The lowest BCUT2D eigenvalue weighted by molar-refractivity contribution is -0.147. The van der Waals surface area contributed by atoms with Crippen molar-refractivity contribution < 1.29 is 13.9 Å². The first-order valence-corrected chi connectivity index (χ1v) is 8.49. The van der Waals surface area contributed by atoms with Crippen LogP contribution in [0.1, 0.15) is 43.6 Å². The average Bonchev–Trinajstić information content (AvgIpc) is 2.48. The Balaban J connectivity index is 2.17. The first-order chi connectivity index (χ1) is 10.4. The molecule has 0 saturated heterocycles. The Morgan fingerprint density at radius 3 is 2.32 bits per heavy atom. The van der Waals surface area contributed by atoms with E-state index in [4.69, 9.17) is 39.5 Å². The van der Waals surface area contributed by atoms with Crippen molar-refractivity contribution in [2.24, 2.45) is 5.92 Å². The molecule has 1 aromatic rings. The van der Waals surface area contributed by atoms with E-state index in [9.17, 15) is 9.18 Å². The highest BCUT2D eigenvalue weighted by molar-refractivity contribution is 6.67. The fourth-order valence-corrected chi connectivity index (χ4v) is 3.14. The molecule has 2 rings (SSSR count). The summed E-state index contributed by atoms with van der Waals surface area (Å²) in [7, 11) is 0.